The molecule has 1 aromatic carbocycles. The van der Waals surface area contributed by atoms with Crippen LogP contribution in [-0.2, 0) is 27.3 Å². The Balaban J connectivity index is 1.58. The van der Waals surface area contributed by atoms with Gasteiger partial charge in [0.2, 0.25) is 11.8 Å². The van der Waals surface area contributed by atoms with E-state index in [0.29, 0.717) is 44.1 Å². The van der Waals surface area contributed by atoms with Crippen molar-refractivity contribution in [3.63, 3.8) is 0 Å². The molecule has 0 aromatic heterocycles. The molecule has 7 heteroatoms. The number of carbonyl (C=O) groups excluding carboxylic acids is 2. The van der Waals surface area contributed by atoms with E-state index in [1.54, 1.807) is 26.0 Å². The molecule has 0 bridgehead atoms. The average molecular weight is 390 g/mol. The third kappa shape index (κ3) is 4.76. The van der Waals surface area contributed by atoms with E-state index in [4.69, 9.17) is 14.2 Å². The maximum atomic E-state index is 12.8. The Hall–Kier alpha value is -2.28. The van der Waals surface area contributed by atoms with E-state index in [1.807, 2.05) is 17.0 Å². The molecule has 0 saturated carbocycles. The second kappa shape index (κ2) is 9.28. The molecular formula is C21H30N2O5. The van der Waals surface area contributed by atoms with Gasteiger partial charge in [-0.3, -0.25) is 9.59 Å². The average Bonchev–Trinajstić information content (AvgIpc) is 3.22. The van der Waals surface area contributed by atoms with Crippen molar-refractivity contribution in [2.75, 3.05) is 40.5 Å². The highest BCUT2D eigenvalue weighted by Gasteiger charge is 2.25. The summed E-state index contributed by atoms with van der Waals surface area (Å²) in [6.07, 6.45) is 3.23. The lowest BCUT2D eigenvalue weighted by Crippen LogP contribution is -2.41. The Morgan fingerprint density at radius 3 is 2.54 bits per heavy atom. The molecule has 0 aliphatic carbocycles. The number of hydrogen-bond acceptors (Lipinski definition) is 5. The summed E-state index contributed by atoms with van der Waals surface area (Å²) >= 11 is 0. The van der Waals surface area contributed by atoms with Crippen LogP contribution in [0.2, 0.25) is 0 Å². The van der Waals surface area contributed by atoms with Gasteiger partial charge in [-0.1, -0.05) is 0 Å². The highest BCUT2D eigenvalue weighted by Crippen LogP contribution is 2.33. The number of rotatable bonds is 7. The molecule has 28 heavy (non-hydrogen) atoms. The third-order valence-corrected chi connectivity index (χ3v) is 5.56. The lowest BCUT2D eigenvalue weighted by atomic mass is 9.98. The second-order valence-electron chi connectivity index (χ2n) is 7.39. The highest BCUT2D eigenvalue weighted by molar-refractivity contribution is 5.78. The van der Waals surface area contributed by atoms with Gasteiger partial charge in [-0.15, -0.1) is 0 Å². The van der Waals surface area contributed by atoms with Gasteiger partial charge in [0.05, 0.1) is 20.3 Å². The van der Waals surface area contributed by atoms with Crippen LogP contribution >= 0.6 is 0 Å². The predicted molar refractivity (Wildman–Crippen MR) is 105 cm³/mol. The van der Waals surface area contributed by atoms with E-state index in [2.05, 4.69) is 0 Å². The Morgan fingerprint density at radius 1 is 1.21 bits per heavy atom. The number of benzene rings is 1. The van der Waals surface area contributed by atoms with Gasteiger partial charge < -0.3 is 24.0 Å². The largest absolute Gasteiger partial charge is 0.493 e. The summed E-state index contributed by atoms with van der Waals surface area (Å²) in [6.45, 7) is 4.55. The van der Waals surface area contributed by atoms with E-state index in [9.17, 15) is 9.59 Å². The van der Waals surface area contributed by atoms with Crippen LogP contribution in [0.1, 0.15) is 37.3 Å². The molecule has 2 aliphatic heterocycles. The van der Waals surface area contributed by atoms with Gasteiger partial charge in [0.25, 0.3) is 0 Å². The molecule has 3 rings (SSSR count). The van der Waals surface area contributed by atoms with Crippen molar-refractivity contribution in [1.82, 2.24) is 9.80 Å². The molecule has 2 amide bonds. The van der Waals surface area contributed by atoms with Crippen LogP contribution in [0.5, 0.6) is 11.5 Å². The standard InChI is InChI=1S/C21H30N2O5/c1-15(24)22(14-18-5-4-10-28-18)9-7-21(25)23-8-6-16-11-19(26-2)20(27-3)12-17(16)13-23/h11-12,18H,4-10,13-14H2,1-3H3. The molecule has 0 radical (unpaired) electrons. The van der Waals surface area contributed by atoms with Crippen molar-refractivity contribution in [2.45, 2.75) is 45.3 Å². The zero-order chi connectivity index (χ0) is 20.1. The van der Waals surface area contributed by atoms with Gasteiger partial charge in [0.1, 0.15) is 0 Å². The number of fused-ring (bicyclic) bond motifs is 1. The van der Waals surface area contributed by atoms with Gasteiger partial charge >= 0.3 is 0 Å². The molecule has 0 N–H and O–H groups in total. The first-order valence-electron chi connectivity index (χ1n) is 9.90. The first kappa shape index (κ1) is 20.5. The summed E-state index contributed by atoms with van der Waals surface area (Å²) in [5.41, 5.74) is 2.27. The van der Waals surface area contributed by atoms with E-state index >= 15 is 0 Å². The van der Waals surface area contributed by atoms with Gasteiger partial charge in [-0.05, 0) is 42.5 Å². The van der Waals surface area contributed by atoms with Gasteiger partial charge in [0, 0.05) is 46.1 Å². The lowest BCUT2D eigenvalue weighted by Gasteiger charge is -2.31. The van der Waals surface area contributed by atoms with Gasteiger partial charge in [-0.2, -0.15) is 0 Å². The fraction of sp³-hybridized carbons (Fsp3) is 0.619. The summed E-state index contributed by atoms with van der Waals surface area (Å²) in [6, 6.07) is 3.95. The maximum absolute atomic E-state index is 12.8. The molecule has 1 atom stereocenters. The zero-order valence-corrected chi connectivity index (χ0v) is 17.0. The number of ether oxygens (including phenoxy) is 3. The number of nitrogens with zero attached hydrogens (tertiary/aromatic N) is 2. The molecule has 2 aliphatic rings. The molecule has 1 saturated heterocycles. The molecule has 0 spiro atoms. The summed E-state index contributed by atoms with van der Waals surface area (Å²) in [4.78, 5) is 28.3. The van der Waals surface area contributed by atoms with Crippen LogP contribution in [-0.4, -0.2) is 68.2 Å². The summed E-state index contributed by atoms with van der Waals surface area (Å²) in [5.74, 6) is 1.45. The molecule has 7 nitrogen and oxygen atoms in total. The third-order valence-electron chi connectivity index (χ3n) is 5.56. The molecule has 1 fully saturated rings. The van der Waals surface area contributed by atoms with Crippen molar-refractivity contribution < 1.29 is 23.8 Å². The molecule has 1 unspecified atom stereocenters. The zero-order valence-electron chi connectivity index (χ0n) is 17.0. The summed E-state index contributed by atoms with van der Waals surface area (Å²) in [5, 5.41) is 0. The topological polar surface area (TPSA) is 68.3 Å². The summed E-state index contributed by atoms with van der Waals surface area (Å²) in [7, 11) is 3.24. The van der Waals surface area contributed by atoms with Crippen molar-refractivity contribution >= 4 is 11.8 Å². The van der Waals surface area contributed by atoms with E-state index in [1.165, 1.54) is 5.56 Å². The second-order valence-corrected chi connectivity index (χ2v) is 7.39. The number of methoxy groups -OCH3 is 2. The van der Waals surface area contributed by atoms with Crippen molar-refractivity contribution in [3.05, 3.63) is 23.3 Å². The molecule has 1 aromatic rings. The normalized spacial score (nSPS) is 18.5. The van der Waals surface area contributed by atoms with E-state index in [0.717, 1.165) is 31.4 Å². The minimum Gasteiger partial charge on any atom is -0.493 e. The van der Waals surface area contributed by atoms with Gasteiger partial charge in [0.15, 0.2) is 11.5 Å². The van der Waals surface area contributed by atoms with E-state index in [-0.39, 0.29) is 17.9 Å². The first-order chi connectivity index (χ1) is 13.5. The molecule has 2 heterocycles. The monoisotopic (exact) mass is 390 g/mol. The van der Waals surface area contributed by atoms with Crippen LogP contribution in [0.3, 0.4) is 0 Å². The number of carbonyl (C=O) groups is 2. The van der Waals surface area contributed by atoms with Crippen LogP contribution in [0.4, 0.5) is 0 Å². The fourth-order valence-electron chi connectivity index (χ4n) is 3.90. The van der Waals surface area contributed by atoms with Gasteiger partial charge in [-0.25, -0.2) is 0 Å². The quantitative estimate of drug-likeness (QED) is 0.712. The maximum Gasteiger partial charge on any atom is 0.224 e. The fourth-order valence-corrected chi connectivity index (χ4v) is 3.90. The first-order valence-corrected chi connectivity index (χ1v) is 9.90. The van der Waals surface area contributed by atoms with Crippen LogP contribution < -0.4 is 9.47 Å². The van der Waals surface area contributed by atoms with Crippen molar-refractivity contribution in [3.8, 4) is 11.5 Å². The van der Waals surface area contributed by atoms with Crippen molar-refractivity contribution in [1.29, 1.82) is 0 Å². The SMILES string of the molecule is COc1cc2c(cc1OC)CN(C(=O)CCN(CC1CCCO1)C(C)=O)CC2. The summed E-state index contributed by atoms with van der Waals surface area (Å²) < 4.78 is 16.4. The Morgan fingerprint density at radius 2 is 1.93 bits per heavy atom. The van der Waals surface area contributed by atoms with Crippen molar-refractivity contribution in [2.24, 2.45) is 0 Å². The number of hydrogen-bond donors (Lipinski definition) is 0. The predicted octanol–water partition coefficient (Wildman–Crippen LogP) is 2.01. The van der Waals surface area contributed by atoms with Crippen LogP contribution in [0, 0.1) is 0 Å². The van der Waals surface area contributed by atoms with E-state index < -0.39 is 0 Å². The smallest absolute Gasteiger partial charge is 0.224 e. The lowest BCUT2D eigenvalue weighted by molar-refractivity contribution is -0.134. The minimum atomic E-state index is -0.0101. The Bertz CT molecular complexity index is 715. The van der Waals surface area contributed by atoms with Crippen LogP contribution in [0.15, 0.2) is 12.1 Å². The number of amides is 2. The molecule has 154 valence electrons. The van der Waals surface area contributed by atoms with Crippen LogP contribution in [0.25, 0.3) is 0 Å². The Labute approximate surface area is 166 Å². The highest BCUT2D eigenvalue weighted by atomic mass is 16.5. The molecular weight excluding hydrogens is 360 g/mol. The minimum absolute atomic E-state index is 0.0101. The Kier molecular flexibility index (Phi) is 6.78.